The highest BCUT2D eigenvalue weighted by Gasteiger charge is 2.32. The molecule has 0 spiro atoms. The van der Waals surface area contributed by atoms with Crippen LogP contribution >= 0.6 is 0 Å². The largest absolute Gasteiger partial charge is 0.494 e. The van der Waals surface area contributed by atoms with Gasteiger partial charge in [-0.3, -0.25) is 14.9 Å². The van der Waals surface area contributed by atoms with Crippen molar-refractivity contribution in [3.8, 4) is 23.0 Å². The highest BCUT2D eigenvalue weighted by atomic mass is 16.6. The second-order valence-corrected chi connectivity index (χ2v) is 6.00. The molecule has 0 aliphatic carbocycles. The average molecular weight is 404 g/mol. The summed E-state index contributed by atoms with van der Waals surface area (Å²) in [7, 11) is 3.96. The number of rotatable bonds is 9. The van der Waals surface area contributed by atoms with Crippen LogP contribution in [0, 0.1) is 10.1 Å². The highest BCUT2D eigenvalue weighted by Crippen LogP contribution is 2.46. The van der Waals surface area contributed by atoms with Crippen LogP contribution in [0.2, 0.25) is 0 Å². The van der Waals surface area contributed by atoms with Crippen LogP contribution in [-0.2, 0) is 0 Å². The molecule has 0 radical (unpaired) electrons. The summed E-state index contributed by atoms with van der Waals surface area (Å²) in [6.07, 6.45) is 0. The third-order valence-electron chi connectivity index (χ3n) is 4.27. The van der Waals surface area contributed by atoms with E-state index in [0.29, 0.717) is 6.61 Å². The summed E-state index contributed by atoms with van der Waals surface area (Å²) in [6, 6.07) is 8.09. The van der Waals surface area contributed by atoms with Crippen molar-refractivity contribution in [1.29, 1.82) is 0 Å². The van der Waals surface area contributed by atoms with E-state index in [1.807, 2.05) is 19.1 Å². The van der Waals surface area contributed by atoms with Gasteiger partial charge in [0.15, 0.2) is 5.75 Å². The van der Waals surface area contributed by atoms with Crippen molar-refractivity contribution in [3.63, 3.8) is 0 Å². The third-order valence-corrected chi connectivity index (χ3v) is 4.27. The van der Waals surface area contributed by atoms with E-state index >= 15 is 0 Å². The fourth-order valence-electron chi connectivity index (χ4n) is 2.87. The fourth-order valence-corrected chi connectivity index (χ4v) is 2.87. The van der Waals surface area contributed by atoms with Crippen LogP contribution in [0.15, 0.2) is 30.3 Å². The zero-order valence-electron chi connectivity index (χ0n) is 17.0. The Morgan fingerprint density at radius 2 is 1.72 bits per heavy atom. The standard InChI is InChI=1S/C20H24N2O7/c1-6-29-14-9-7-13(8-10-14)12(2)21-20(23)15-11-16(26-3)18(27-4)19(28-5)17(15)22(24)25/h7-12H,6H2,1-5H3,(H,21,23). The topological polar surface area (TPSA) is 109 Å². The van der Waals surface area contributed by atoms with Crippen LogP contribution in [0.4, 0.5) is 5.69 Å². The Morgan fingerprint density at radius 3 is 2.21 bits per heavy atom. The van der Waals surface area contributed by atoms with Gasteiger partial charge in [0.1, 0.15) is 11.3 Å². The molecular formula is C20H24N2O7. The number of nitrogens with one attached hydrogen (secondary N) is 1. The number of methoxy groups -OCH3 is 3. The van der Waals surface area contributed by atoms with Crippen molar-refractivity contribution in [2.24, 2.45) is 0 Å². The Kier molecular flexibility index (Phi) is 7.24. The van der Waals surface area contributed by atoms with E-state index in [4.69, 9.17) is 18.9 Å². The second kappa shape index (κ2) is 9.63. The Balaban J connectivity index is 2.39. The summed E-state index contributed by atoms with van der Waals surface area (Å²) in [5, 5.41) is 14.4. The normalized spacial score (nSPS) is 11.3. The first-order valence-corrected chi connectivity index (χ1v) is 8.88. The maximum Gasteiger partial charge on any atom is 0.327 e. The molecule has 1 N–H and O–H groups in total. The molecule has 1 amide bonds. The van der Waals surface area contributed by atoms with E-state index in [1.54, 1.807) is 19.1 Å². The maximum atomic E-state index is 12.9. The average Bonchev–Trinajstić information content (AvgIpc) is 2.72. The van der Waals surface area contributed by atoms with Gasteiger partial charge in [-0.25, -0.2) is 0 Å². The van der Waals surface area contributed by atoms with Gasteiger partial charge in [-0.05, 0) is 31.5 Å². The van der Waals surface area contributed by atoms with Gasteiger partial charge in [-0.2, -0.15) is 0 Å². The van der Waals surface area contributed by atoms with Crippen LogP contribution in [0.5, 0.6) is 23.0 Å². The van der Waals surface area contributed by atoms with Crippen LogP contribution in [0.25, 0.3) is 0 Å². The second-order valence-electron chi connectivity index (χ2n) is 6.00. The van der Waals surface area contributed by atoms with Gasteiger partial charge in [-0.1, -0.05) is 12.1 Å². The Labute approximate surface area is 168 Å². The first-order chi connectivity index (χ1) is 13.9. The molecule has 0 saturated heterocycles. The molecule has 0 saturated carbocycles. The molecule has 0 fully saturated rings. The lowest BCUT2D eigenvalue weighted by molar-refractivity contribution is -0.386. The molecule has 0 bridgehead atoms. The number of carbonyl (C=O) groups excluding carboxylic acids is 1. The Morgan fingerprint density at radius 1 is 1.10 bits per heavy atom. The molecule has 9 heteroatoms. The van der Waals surface area contributed by atoms with Crippen molar-refractivity contribution < 1.29 is 28.7 Å². The summed E-state index contributed by atoms with van der Waals surface area (Å²) >= 11 is 0. The molecule has 2 aromatic carbocycles. The van der Waals surface area contributed by atoms with Gasteiger partial charge in [0.05, 0.1) is 38.9 Å². The van der Waals surface area contributed by atoms with Crippen LogP contribution in [0.1, 0.15) is 35.8 Å². The molecule has 0 heterocycles. The van der Waals surface area contributed by atoms with Gasteiger partial charge in [0.25, 0.3) is 5.91 Å². The Hall–Kier alpha value is -3.49. The SMILES string of the molecule is CCOc1ccc(C(C)NC(=O)c2cc(OC)c(OC)c(OC)c2[N+](=O)[O-])cc1. The molecule has 9 nitrogen and oxygen atoms in total. The van der Waals surface area contributed by atoms with Crippen LogP contribution in [0.3, 0.4) is 0 Å². The molecule has 1 unspecified atom stereocenters. The smallest absolute Gasteiger partial charge is 0.327 e. The van der Waals surface area contributed by atoms with E-state index in [0.717, 1.165) is 11.3 Å². The molecular weight excluding hydrogens is 380 g/mol. The zero-order chi connectivity index (χ0) is 21.6. The lowest BCUT2D eigenvalue weighted by Gasteiger charge is -2.17. The fraction of sp³-hybridized carbons (Fsp3) is 0.350. The molecule has 0 aliphatic heterocycles. The van der Waals surface area contributed by atoms with Gasteiger partial charge >= 0.3 is 5.69 Å². The minimum Gasteiger partial charge on any atom is -0.494 e. The maximum absolute atomic E-state index is 12.9. The number of nitro groups is 1. The minimum atomic E-state index is -0.683. The quantitative estimate of drug-likeness (QED) is 0.503. The summed E-state index contributed by atoms with van der Waals surface area (Å²) in [5.41, 5.74) is 0.126. The van der Waals surface area contributed by atoms with Crippen molar-refractivity contribution in [2.75, 3.05) is 27.9 Å². The molecule has 0 aliphatic rings. The van der Waals surface area contributed by atoms with E-state index in [2.05, 4.69) is 5.32 Å². The molecule has 1 atom stereocenters. The van der Waals surface area contributed by atoms with Crippen molar-refractivity contribution in [2.45, 2.75) is 19.9 Å². The van der Waals surface area contributed by atoms with E-state index in [1.165, 1.54) is 27.4 Å². The number of hydrogen-bond donors (Lipinski definition) is 1. The Bertz CT molecular complexity index is 881. The molecule has 2 aromatic rings. The van der Waals surface area contributed by atoms with Crippen molar-refractivity contribution in [3.05, 3.63) is 51.6 Å². The first-order valence-electron chi connectivity index (χ1n) is 8.88. The summed E-state index contributed by atoms with van der Waals surface area (Å²) in [6.45, 7) is 4.22. The highest BCUT2D eigenvalue weighted by molar-refractivity contribution is 6.00. The minimum absolute atomic E-state index is 0.0396. The molecule has 2 rings (SSSR count). The van der Waals surface area contributed by atoms with Crippen molar-refractivity contribution in [1.82, 2.24) is 5.32 Å². The van der Waals surface area contributed by atoms with Crippen LogP contribution in [-0.4, -0.2) is 38.8 Å². The number of hydrogen-bond acceptors (Lipinski definition) is 7. The molecule has 0 aromatic heterocycles. The van der Waals surface area contributed by atoms with Crippen LogP contribution < -0.4 is 24.3 Å². The number of nitrogens with zero attached hydrogens (tertiary/aromatic N) is 1. The summed E-state index contributed by atoms with van der Waals surface area (Å²) in [4.78, 5) is 23.8. The number of carbonyl (C=O) groups is 1. The number of nitro benzene ring substituents is 1. The van der Waals surface area contributed by atoms with Gasteiger partial charge in [-0.15, -0.1) is 0 Å². The first kappa shape index (κ1) is 21.8. The monoisotopic (exact) mass is 404 g/mol. The number of benzene rings is 2. The zero-order valence-corrected chi connectivity index (χ0v) is 17.0. The predicted molar refractivity (Wildman–Crippen MR) is 106 cm³/mol. The molecule has 29 heavy (non-hydrogen) atoms. The molecule has 156 valence electrons. The lowest BCUT2D eigenvalue weighted by atomic mass is 10.1. The lowest BCUT2D eigenvalue weighted by Crippen LogP contribution is -2.27. The van der Waals surface area contributed by atoms with E-state index in [-0.39, 0.29) is 22.8 Å². The number of amides is 1. The van der Waals surface area contributed by atoms with Gasteiger partial charge < -0.3 is 24.3 Å². The van der Waals surface area contributed by atoms with Gasteiger partial charge in [0.2, 0.25) is 11.5 Å². The number of ether oxygens (including phenoxy) is 4. The summed E-state index contributed by atoms with van der Waals surface area (Å²) in [5.74, 6) is 0.0785. The van der Waals surface area contributed by atoms with Gasteiger partial charge in [0, 0.05) is 6.07 Å². The predicted octanol–water partition coefficient (Wildman–Crippen LogP) is 3.51. The van der Waals surface area contributed by atoms with E-state index in [9.17, 15) is 14.9 Å². The van der Waals surface area contributed by atoms with Crippen molar-refractivity contribution >= 4 is 11.6 Å². The third kappa shape index (κ3) is 4.68. The van der Waals surface area contributed by atoms with E-state index < -0.39 is 22.6 Å². The summed E-state index contributed by atoms with van der Waals surface area (Å²) < 4.78 is 20.9.